The molecule has 0 aliphatic carbocycles. The minimum absolute atomic E-state index is 0.119. The standard InChI is InChI=1S/C10H12O3/c1-6-3-4-8(5-11)7(2)9(6)10(12)13/h3-4,11H,5H2,1-2H3,(H,12,13). The molecule has 0 atom stereocenters. The average Bonchev–Trinajstić information content (AvgIpc) is 2.04. The van der Waals surface area contributed by atoms with Crippen LogP contribution < -0.4 is 0 Å². The van der Waals surface area contributed by atoms with Crippen LogP contribution in [0.4, 0.5) is 0 Å². The zero-order valence-electron chi connectivity index (χ0n) is 7.66. The molecule has 1 aromatic rings. The molecule has 3 heteroatoms. The summed E-state index contributed by atoms with van der Waals surface area (Å²) in [6, 6.07) is 3.46. The van der Waals surface area contributed by atoms with Gasteiger partial charge in [-0.2, -0.15) is 0 Å². The van der Waals surface area contributed by atoms with Crippen LogP contribution in [0.15, 0.2) is 12.1 Å². The fourth-order valence-electron chi connectivity index (χ4n) is 1.39. The maximum atomic E-state index is 10.8. The van der Waals surface area contributed by atoms with E-state index in [2.05, 4.69) is 0 Å². The normalized spacial score (nSPS) is 10.1. The monoisotopic (exact) mass is 180 g/mol. The van der Waals surface area contributed by atoms with Gasteiger partial charge in [0.15, 0.2) is 0 Å². The van der Waals surface area contributed by atoms with E-state index in [1.807, 2.05) is 0 Å². The number of aryl methyl sites for hydroxylation is 1. The van der Waals surface area contributed by atoms with Gasteiger partial charge in [0.25, 0.3) is 0 Å². The Bertz CT molecular complexity index is 342. The highest BCUT2D eigenvalue weighted by molar-refractivity contribution is 5.91. The largest absolute Gasteiger partial charge is 0.478 e. The number of hydrogen-bond donors (Lipinski definition) is 2. The van der Waals surface area contributed by atoms with Crippen molar-refractivity contribution >= 4 is 5.97 Å². The zero-order valence-corrected chi connectivity index (χ0v) is 7.66. The summed E-state index contributed by atoms with van der Waals surface area (Å²) >= 11 is 0. The lowest BCUT2D eigenvalue weighted by Crippen LogP contribution is -2.05. The van der Waals surface area contributed by atoms with Gasteiger partial charge in [-0.1, -0.05) is 12.1 Å². The van der Waals surface area contributed by atoms with Crippen LogP contribution in [0.25, 0.3) is 0 Å². The minimum Gasteiger partial charge on any atom is -0.478 e. The van der Waals surface area contributed by atoms with Gasteiger partial charge in [0.05, 0.1) is 12.2 Å². The number of aromatic carboxylic acids is 1. The molecular weight excluding hydrogens is 168 g/mol. The van der Waals surface area contributed by atoms with Crippen molar-refractivity contribution in [2.24, 2.45) is 0 Å². The SMILES string of the molecule is Cc1ccc(CO)c(C)c1C(=O)O. The molecule has 0 saturated carbocycles. The first kappa shape index (κ1) is 9.74. The van der Waals surface area contributed by atoms with Gasteiger partial charge in [-0.05, 0) is 30.5 Å². The second-order valence-electron chi connectivity index (χ2n) is 3.00. The summed E-state index contributed by atoms with van der Waals surface area (Å²) in [5.74, 6) is -0.940. The molecule has 0 bridgehead atoms. The Hall–Kier alpha value is -1.35. The molecule has 0 unspecified atom stereocenters. The first-order valence-electron chi connectivity index (χ1n) is 4.01. The third-order valence-electron chi connectivity index (χ3n) is 2.17. The molecule has 1 aromatic carbocycles. The molecule has 0 spiro atoms. The maximum absolute atomic E-state index is 10.8. The van der Waals surface area contributed by atoms with Crippen molar-refractivity contribution < 1.29 is 15.0 Å². The smallest absolute Gasteiger partial charge is 0.336 e. The number of aliphatic hydroxyl groups is 1. The summed E-state index contributed by atoms with van der Waals surface area (Å²) in [4.78, 5) is 10.8. The Labute approximate surface area is 76.6 Å². The highest BCUT2D eigenvalue weighted by Gasteiger charge is 2.12. The van der Waals surface area contributed by atoms with Crippen LogP contribution in [0.5, 0.6) is 0 Å². The molecule has 3 nitrogen and oxygen atoms in total. The number of carbonyl (C=O) groups is 1. The predicted octanol–water partition coefficient (Wildman–Crippen LogP) is 1.49. The van der Waals surface area contributed by atoms with E-state index in [-0.39, 0.29) is 6.61 Å². The van der Waals surface area contributed by atoms with Crippen LogP contribution in [-0.2, 0) is 6.61 Å². The maximum Gasteiger partial charge on any atom is 0.336 e. The number of carboxylic acid groups (broad SMARTS) is 1. The van der Waals surface area contributed by atoms with Crippen molar-refractivity contribution in [1.29, 1.82) is 0 Å². The summed E-state index contributed by atoms with van der Waals surface area (Å²) in [7, 11) is 0. The van der Waals surface area contributed by atoms with Gasteiger partial charge in [-0.15, -0.1) is 0 Å². The summed E-state index contributed by atoms with van der Waals surface area (Å²) in [5.41, 5.74) is 2.34. The lowest BCUT2D eigenvalue weighted by atomic mass is 9.98. The molecule has 0 fully saturated rings. The van der Waals surface area contributed by atoms with Crippen LogP contribution in [-0.4, -0.2) is 16.2 Å². The van der Waals surface area contributed by atoms with Gasteiger partial charge in [0.2, 0.25) is 0 Å². The molecule has 0 aliphatic rings. The Balaban J connectivity index is 3.38. The van der Waals surface area contributed by atoms with E-state index in [0.29, 0.717) is 16.7 Å². The van der Waals surface area contributed by atoms with Crippen molar-refractivity contribution in [1.82, 2.24) is 0 Å². The lowest BCUT2D eigenvalue weighted by Gasteiger charge is -2.08. The molecule has 13 heavy (non-hydrogen) atoms. The van der Waals surface area contributed by atoms with Crippen LogP contribution >= 0.6 is 0 Å². The van der Waals surface area contributed by atoms with E-state index < -0.39 is 5.97 Å². The molecular formula is C10H12O3. The summed E-state index contributed by atoms with van der Waals surface area (Å²) < 4.78 is 0. The van der Waals surface area contributed by atoms with Crippen LogP contribution in [0.1, 0.15) is 27.0 Å². The summed E-state index contributed by atoms with van der Waals surface area (Å²) in [6.45, 7) is 3.34. The summed E-state index contributed by atoms with van der Waals surface area (Å²) in [5, 5.41) is 17.8. The molecule has 0 radical (unpaired) electrons. The fraction of sp³-hybridized carbons (Fsp3) is 0.300. The Kier molecular flexibility index (Phi) is 2.68. The fourth-order valence-corrected chi connectivity index (χ4v) is 1.39. The second kappa shape index (κ2) is 3.58. The quantitative estimate of drug-likeness (QED) is 0.725. The molecule has 70 valence electrons. The minimum atomic E-state index is -0.940. The number of carboxylic acids is 1. The van der Waals surface area contributed by atoms with Gasteiger partial charge in [-0.25, -0.2) is 4.79 Å². The third-order valence-corrected chi connectivity index (χ3v) is 2.17. The van der Waals surface area contributed by atoms with Crippen molar-refractivity contribution in [2.75, 3.05) is 0 Å². The molecule has 0 saturated heterocycles. The topological polar surface area (TPSA) is 57.5 Å². The van der Waals surface area contributed by atoms with Crippen molar-refractivity contribution in [3.63, 3.8) is 0 Å². The Morgan fingerprint density at radius 3 is 2.46 bits per heavy atom. The number of rotatable bonds is 2. The van der Waals surface area contributed by atoms with Gasteiger partial charge < -0.3 is 10.2 Å². The Morgan fingerprint density at radius 1 is 1.38 bits per heavy atom. The van der Waals surface area contributed by atoms with E-state index in [9.17, 15) is 4.79 Å². The van der Waals surface area contributed by atoms with Gasteiger partial charge >= 0.3 is 5.97 Å². The number of aliphatic hydroxyl groups excluding tert-OH is 1. The van der Waals surface area contributed by atoms with E-state index in [1.54, 1.807) is 26.0 Å². The summed E-state index contributed by atoms with van der Waals surface area (Å²) in [6.07, 6.45) is 0. The third kappa shape index (κ3) is 1.70. The Morgan fingerprint density at radius 2 is 2.00 bits per heavy atom. The average molecular weight is 180 g/mol. The lowest BCUT2D eigenvalue weighted by molar-refractivity contribution is 0.0695. The first-order valence-corrected chi connectivity index (χ1v) is 4.01. The molecule has 0 amide bonds. The zero-order chi connectivity index (χ0) is 10.0. The van der Waals surface area contributed by atoms with Crippen molar-refractivity contribution in [3.05, 3.63) is 34.4 Å². The van der Waals surface area contributed by atoms with E-state index >= 15 is 0 Å². The second-order valence-corrected chi connectivity index (χ2v) is 3.00. The van der Waals surface area contributed by atoms with E-state index in [1.165, 1.54) is 0 Å². The molecule has 0 heterocycles. The highest BCUT2D eigenvalue weighted by Crippen LogP contribution is 2.18. The molecule has 2 N–H and O–H groups in total. The van der Waals surface area contributed by atoms with Crippen molar-refractivity contribution in [3.8, 4) is 0 Å². The first-order chi connectivity index (χ1) is 6.07. The highest BCUT2D eigenvalue weighted by atomic mass is 16.4. The van der Waals surface area contributed by atoms with Gasteiger partial charge in [-0.3, -0.25) is 0 Å². The molecule has 0 aromatic heterocycles. The van der Waals surface area contributed by atoms with E-state index in [0.717, 1.165) is 5.56 Å². The van der Waals surface area contributed by atoms with Crippen LogP contribution in [0.3, 0.4) is 0 Å². The molecule has 1 rings (SSSR count). The van der Waals surface area contributed by atoms with Crippen LogP contribution in [0.2, 0.25) is 0 Å². The van der Waals surface area contributed by atoms with Crippen molar-refractivity contribution in [2.45, 2.75) is 20.5 Å². The van der Waals surface area contributed by atoms with E-state index in [4.69, 9.17) is 10.2 Å². The number of hydrogen-bond acceptors (Lipinski definition) is 2. The van der Waals surface area contributed by atoms with Gasteiger partial charge in [0.1, 0.15) is 0 Å². The molecule has 0 aliphatic heterocycles. The van der Waals surface area contributed by atoms with Gasteiger partial charge in [0, 0.05) is 0 Å². The predicted molar refractivity (Wildman–Crippen MR) is 48.8 cm³/mol. The van der Waals surface area contributed by atoms with Crippen LogP contribution in [0, 0.1) is 13.8 Å². The number of benzene rings is 1.